The monoisotopic (exact) mass is 494 g/mol. The van der Waals surface area contributed by atoms with E-state index in [1.54, 1.807) is 24.3 Å². The molecule has 190 valence electrons. The molecule has 0 aliphatic heterocycles. The van der Waals surface area contributed by atoms with E-state index in [-0.39, 0.29) is 17.2 Å². The van der Waals surface area contributed by atoms with E-state index in [1.165, 1.54) is 6.07 Å². The first-order chi connectivity index (χ1) is 17.1. The van der Waals surface area contributed by atoms with Gasteiger partial charge in [-0.1, -0.05) is 24.3 Å². The van der Waals surface area contributed by atoms with Gasteiger partial charge < -0.3 is 15.8 Å². The van der Waals surface area contributed by atoms with Crippen LogP contribution in [0.15, 0.2) is 47.3 Å². The number of aromatic nitrogens is 2. The largest absolute Gasteiger partial charge is 0.444 e. The molecule has 0 atom stereocenters. The maximum Gasteiger partial charge on any atom is 0.405 e. The molecule has 0 unspecified atom stereocenters. The Morgan fingerprint density at radius 1 is 1.14 bits per heavy atom. The average molecular weight is 495 g/mol. The highest BCUT2D eigenvalue weighted by Crippen LogP contribution is 2.32. The molecule has 2 amide bonds. The number of benzene rings is 2. The van der Waals surface area contributed by atoms with Gasteiger partial charge in [0.2, 0.25) is 0 Å². The number of halogens is 1. The number of nitrogens with two attached hydrogens (primary N) is 1. The van der Waals surface area contributed by atoms with E-state index in [4.69, 9.17) is 10.5 Å². The summed E-state index contributed by atoms with van der Waals surface area (Å²) in [7, 11) is 0. The highest BCUT2D eigenvalue weighted by molar-refractivity contribution is 5.95. The van der Waals surface area contributed by atoms with Gasteiger partial charge in [-0.25, -0.2) is 14.3 Å². The van der Waals surface area contributed by atoms with E-state index in [0.717, 1.165) is 31.1 Å². The number of nitrogens with zero attached hydrogens (tertiary/aromatic N) is 1. The van der Waals surface area contributed by atoms with Crippen LogP contribution in [0.1, 0.15) is 67.6 Å². The molecule has 36 heavy (non-hydrogen) atoms. The zero-order chi connectivity index (χ0) is 25.9. The minimum atomic E-state index is -0.783. The summed E-state index contributed by atoms with van der Waals surface area (Å²) < 4.78 is 19.8. The molecule has 4 N–H and O–H groups in total. The number of ether oxygens (including phenoxy) is 1. The number of carbonyl (C=O) groups excluding carboxylic acids is 2. The maximum atomic E-state index is 14.6. The number of nitrogens with one attached hydrogen (secondary N) is 2. The maximum absolute atomic E-state index is 14.6. The van der Waals surface area contributed by atoms with E-state index in [1.807, 2.05) is 26.0 Å². The molecule has 8 nitrogen and oxygen atoms in total. The van der Waals surface area contributed by atoms with Crippen LogP contribution >= 0.6 is 0 Å². The van der Waals surface area contributed by atoms with Crippen LogP contribution in [-0.4, -0.2) is 33.8 Å². The SMILES string of the molecule is CC(C)(CC1CCC(NC(=O)c2cc(Cc3n[nH]c(=O)c4ccccc34)ccc2F)CC1)OC(N)=O. The molecule has 3 aromatic rings. The van der Waals surface area contributed by atoms with Gasteiger partial charge in [0.1, 0.15) is 11.4 Å². The summed E-state index contributed by atoms with van der Waals surface area (Å²) in [5, 5.41) is 10.9. The fourth-order valence-electron chi connectivity index (χ4n) is 5.14. The first-order valence-electron chi connectivity index (χ1n) is 12.2. The van der Waals surface area contributed by atoms with Gasteiger partial charge in [-0.2, -0.15) is 5.10 Å². The molecule has 1 aromatic heterocycles. The Kier molecular flexibility index (Phi) is 7.37. The predicted molar refractivity (Wildman–Crippen MR) is 134 cm³/mol. The van der Waals surface area contributed by atoms with Gasteiger partial charge in [-0.3, -0.25) is 9.59 Å². The molecule has 0 spiro atoms. The van der Waals surface area contributed by atoms with Gasteiger partial charge in [0, 0.05) is 17.8 Å². The number of amides is 2. The molecule has 1 aliphatic rings. The molecule has 1 heterocycles. The zero-order valence-electron chi connectivity index (χ0n) is 20.5. The van der Waals surface area contributed by atoms with E-state index < -0.39 is 23.4 Å². The van der Waals surface area contributed by atoms with Crippen LogP contribution in [0, 0.1) is 11.7 Å². The molecule has 0 bridgehead atoms. The van der Waals surface area contributed by atoms with Crippen LogP contribution in [0.4, 0.5) is 9.18 Å². The number of fused-ring (bicyclic) bond motifs is 1. The van der Waals surface area contributed by atoms with Crippen molar-refractivity contribution in [2.45, 2.75) is 64.0 Å². The van der Waals surface area contributed by atoms with Crippen molar-refractivity contribution in [1.29, 1.82) is 0 Å². The molecule has 2 aromatic carbocycles. The molecular weight excluding hydrogens is 463 g/mol. The Bertz CT molecular complexity index is 1330. The lowest BCUT2D eigenvalue weighted by molar-refractivity contribution is 0.0206. The van der Waals surface area contributed by atoms with Gasteiger partial charge in [0.05, 0.1) is 16.6 Å². The Labute approximate surface area is 208 Å². The van der Waals surface area contributed by atoms with Crippen LogP contribution < -0.4 is 16.6 Å². The van der Waals surface area contributed by atoms with Crippen molar-refractivity contribution in [2.75, 3.05) is 0 Å². The standard InChI is InChI=1S/C27H31FN4O4/c1-27(2,36-26(29)35)15-16-7-10-18(11-8-16)30-24(33)21-13-17(9-12-22(21)28)14-23-19-5-3-4-6-20(19)25(34)32-31-23/h3-6,9,12-13,16,18H,7-8,10-11,14-15H2,1-2H3,(H2,29,35)(H,30,33)(H,32,34). The average Bonchev–Trinajstić information content (AvgIpc) is 2.82. The van der Waals surface area contributed by atoms with Crippen molar-refractivity contribution in [2.24, 2.45) is 11.7 Å². The summed E-state index contributed by atoms with van der Waals surface area (Å²) in [4.78, 5) is 36.1. The Balaban J connectivity index is 1.40. The topological polar surface area (TPSA) is 127 Å². The first kappa shape index (κ1) is 25.3. The van der Waals surface area contributed by atoms with Crippen molar-refractivity contribution in [3.63, 3.8) is 0 Å². The van der Waals surface area contributed by atoms with E-state index in [9.17, 15) is 18.8 Å². The van der Waals surface area contributed by atoms with Crippen molar-refractivity contribution >= 4 is 22.8 Å². The smallest absolute Gasteiger partial charge is 0.405 e. The number of rotatable bonds is 7. The van der Waals surface area contributed by atoms with Crippen molar-refractivity contribution in [3.8, 4) is 0 Å². The van der Waals surface area contributed by atoms with Gasteiger partial charge in [-0.05, 0) is 75.6 Å². The van der Waals surface area contributed by atoms with Crippen LogP contribution in [-0.2, 0) is 11.2 Å². The lowest BCUT2D eigenvalue weighted by atomic mass is 9.80. The quantitative estimate of drug-likeness (QED) is 0.454. The Morgan fingerprint density at radius 2 is 1.83 bits per heavy atom. The summed E-state index contributed by atoms with van der Waals surface area (Å²) in [5.41, 5.74) is 5.59. The van der Waals surface area contributed by atoms with Gasteiger partial charge in [-0.15, -0.1) is 0 Å². The number of carbonyl (C=O) groups is 2. The second-order valence-electron chi connectivity index (χ2n) is 10.1. The summed E-state index contributed by atoms with van der Waals surface area (Å²) in [6.07, 6.45) is 3.51. The summed E-state index contributed by atoms with van der Waals surface area (Å²) in [5.74, 6) is -0.684. The summed E-state index contributed by atoms with van der Waals surface area (Å²) >= 11 is 0. The highest BCUT2D eigenvalue weighted by Gasteiger charge is 2.30. The summed E-state index contributed by atoms with van der Waals surface area (Å²) in [6, 6.07) is 11.6. The van der Waals surface area contributed by atoms with Crippen LogP contribution in [0.3, 0.4) is 0 Å². The third kappa shape index (κ3) is 6.08. The number of hydrogen-bond donors (Lipinski definition) is 3. The number of primary amides is 1. The fraction of sp³-hybridized carbons (Fsp3) is 0.407. The molecule has 0 saturated heterocycles. The molecule has 1 fully saturated rings. The molecule has 1 aliphatic carbocycles. The lowest BCUT2D eigenvalue weighted by Crippen LogP contribution is -2.40. The van der Waals surface area contributed by atoms with Crippen molar-refractivity contribution in [3.05, 3.63) is 75.5 Å². The number of hydrogen-bond acceptors (Lipinski definition) is 5. The lowest BCUT2D eigenvalue weighted by Gasteiger charge is -2.34. The van der Waals surface area contributed by atoms with Crippen molar-refractivity contribution in [1.82, 2.24) is 15.5 Å². The Morgan fingerprint density at radius 3 is 2.53 bits per heavy atom. The van der Waals surface area contributed by atoms with Crippen LogP contribution in [0.25, 0.3) is 10.8 Å². The fourth-order valence-corrected chi connectivity index (χ4v) is 5.14. The van der Waals surface area contributed by atoms with E-state index >= 15 is 0 Å². The number of H-pyrrole nitrogens is 1. The van der Waals surface area contributed by atoms with Crippen LogP contribution in [0.2, 0.25) is 0 Å². The number of aromatic amines is 1. The minimum Gasteiger partial charge on any atom is -0.444 e. The zero-order valence-corrected chi connectivity index (χ0v) is 20.5. The highest BCUT2D eigenvalue weighted by atomic mass is 19.1. The molecule has 9 heteroatoms. The normalized spacial score (nSPS) is 18.1. The minimum absolute atomic E-state index is 0.0145. The third-order valence-corrected chi connectivity index (χ3v) is 6.76. The van der Waals surface area contributed by atoms with Gasteiger partial charge in [0.25, 0.3) is 11.5 Å². The van der Waals surface area contributed by atoms with Crippen LogP contribution in [0.5, 0.6) is 0 Å². The first-order valence-corrected chi connectivity index (χ1v) is 12.2. The summed E-state index contributed by atoms with van der Waals surface area (Å²) in [6.45, 7) is 3.68. The van der Waals surface area contributed by atoms with E-state index in [2.05, 4.69) is 15.5 Å². The Hall–Kier alpha value is -3.75. The van der Waals surface area contributed by atoms with E-state index in [0.29, 0.717) is 35.4 Å². The predicted octanol–water partition coefficient (Wildman–Crippen LogP) is 4.21. The molecular formula is C27H31FN4O4. The molecule has 4 rings (SSSR count). The van der Waals surface area contributed by atoms with Gasteiger partial charge >= 0.3 is 6.09 Å². The van der Waals surface area contributed by atoms with Crippen molar-refractivity contribution < 1.29 is 18.7 Å². The third-order valence-electron chi connectivity index (χ3n) is 6.76. The molecule has 0 radical (unpaired) electrons. The second kappa shape index (κ2) is 10.5. The second-order valence-corrected chi connectivity index (χ2v) is 10.1. The van der Waals surface area contributed by atoms with Gasteiger partial charge in [0.15, 0.2) is 0 Å². The molecule has 1 saturated carbocycles.